The summed E-state index contributed by atoms with van der Waals surface area (Å²) in [4.78, 5) is 22.8. The minimum absolute atomic E-state index is 0.0122. The van der Waals surface area contributed by atoms with Crippen molar-refractivity contribution in [2.45, 2.75) is 32.3 Å². The Labute approximate surface area is 196 Å². The van der Waals surface area contributed by atoms with Crippen molar-refractivity contribution in [2.75, 3.05) is 20.2 Å². The standard InChI is InChI=1S/C25H27N5O4/c1-15-8-18-10-19(5-7-29(18)23(15)25(32)26-3)34-22-4-6-28-30-12-21(16(2)24(22)30)17-9-20(33-13-17)11-27-14-31/h4-8,10,12,14,17,20H,9,11,13H2,1-3H3,(H,26,32)(H,27,31). The Kier molecular flexibility index (Phi) is 5.70. The van der Waals surface area contributed by atoms with Gasteiger partial charge in [0.1, 0.15) is 17.0 Å². The molecule has 2 N–H and O–H groups in total. The summed E-state index contributed by atoms with van der Waals surface area (Å²) in [6.07, 6.45) is 7.16. The molecule has 4 aromatic rings. The van der Waals surface area contributed by atoms with E-state index in [1.807, 2.05) is 52.5 Å². The predicted molar refractivity (Wildman–Crippen MR) is 127 cm³/mol. The summed E-state index contributed by atoms with van der Waals surface area (Å²) in [6, 6.07) is 7.60. The minimum Gasteiger partial charge on any atom is -0.455 e. The highest BCUT2D eigenvalue weighted by Gasteiger charge is 2.29. The molecule has 5 rings (SSSR count). The molecule has 0 aliphatic carbocycles. The number of fused-ring (bicyclic) bond motifs is 2. The lowest BCUT2D eigenvalue weighted by Crippen LogP contribution is -2.24. The van der Waals surface area contributed by atoms with E-state index in [1.165, 1.54) is 5.56 Å². The van der Waals surface area contributed by atoms with Crippen LogP contribution >= 0.6 is 0 Å². The second kappa shape index (κ2) is 8.83. The molecule has 2 atom stereocenters. The van der Waals surface area contributed by atoms with Crippen molar-refractivity contribution in [3.63, 3.8) is 0 Å². The van der Waals surface area contributed by atoms with E-state index in [4.69, 9.17) is 9.47 Å². The van der Waals surface area contributed by atoms with E-state index in [0.29, 0.717) is 36.8 Å². The van der Waals surface area contributed by atoms with Gasteiger partial charge in [-0.25, -0.2) is 4.52 Å². The summed E-state index contributed by atoms with van der Waals surface area (Å²) in [5, 5.41) is 9.88. The quantitative estimate of drug-likeness (QED) is 0.413. The van der Waals surface area contributed by atoms with Crippen LogP contribution in [-0.2, 0) is 9.53 Å². The van der Waals surface area contributed by atoms with Gasteiger partial charge in [0.2, 0.25) is 6.41 Å². The van der Waals surface area contributed by atoms with Gasteiger partial charge in [-0.2, -0.15) is 5.10 Å². The highest BCUT2D eigenvalue weighted by atomic mass is 16.5. The maximum atomic E-state index is 12.3. The van der Waals surface area contributed by atoms with E-state index < -0.39 is 0 Å². The van der Waals surface area contributed by atoms with E-state index in [0.717, 1.165) is 28.6 Å². The number of amides is 2. The zero-order valence-corrected chi connectivity index (χ0v) is 19.4. The van der Waals surface area contributed by atoms with Crippen LogP contribution in [0.25, 0.3) is 11.0 Å². The van der Waals surface area contributed by atoms with Gasteiger partial charge in [-0.3, -0.25) is 9.59 Å². The molecular formula is C25H27N5O4. The van der Waals surface area contributed by atoms with Crippen LogP contribution < -0.4 is 15.4 Å². The number of nitrogens with zero attached hydrogens (tertiary/aromatic N) is 3. The number of hydrogen-bond donors (Lipinski definition) is 2. The van der Waals surface area contributed by atoms with Crippen molar-refractivity contribution < 1.29 is 19.1 Å². The van der Waals surface area contributed by atoms with Crippen LogP contribution in [-0.4, -0.2) is 52.6 Å². The molecule has 1 aliphatic rings. The van der Waals surface area contributed by atoms with E-state index in [2.05, 4.69) is 22.7 Å². The van der Waals surface area contributed by atoms with Gasteiger partial charge < -0.3 is 24.5 Å². The molecule has 0 aromatic carbocycles. The minimum atomic E-state index is -0.126. The van der Waals surface area contributed by atoms with Gasteiger partial charge in [-0.05, 0) is 49.1 Å². The predicted octanol–water partition coefficient (Wildman–Crippen LogP) is 2.97. The van der Waals surface area contributed by atoms with Crippen molar-refractivity contribution in [1.29, 1.82) is 0 Å². The van der Waals surface area contributed by atoms with E-state index >= 15 is 0 Å². The van der Waals surface area contributed by atoms with Crippen LogP contribution in [0.1, 0.15) is 39.5 Å². The third-order valence-corrected chi connectivity index (χ3v) is 6.48. The van der Waals surface area contributed by atoms with Gasteiger partial charge in [0.05, 0.1) is 18.9 Å². The van der Waals surface area contributed by atoms with Crippen LogP contribution in [0.5, 0.6) is 11.5 Å². The molecule has 0 saturated carbocycles. The Hall–Kier alpha value is -3.85. The third kappa shape index (κ3) is 3.77. The fourth-order valence-corrected chi connectivity index (χ4v) is 4.87. The molecule has 1 aliphatic heterocycles. The van der Waals surface area contributed by atoms with Crippen molar-refractivity contribution in [3.05, 3.63) is 65.2 Å². The van der Waals surface area contributed by atoms with E-state index in [1.54, 1.807) is 13.2 Å². The largest absolute Gasteiger partial charge is 0.455 e. The van der Waals surface area contributed by atoms with Gasteiger partial charge in [-0.15, -0.1) is 0 Å². The zero-order chi connectivity index (χ0) is 23.8. The van der Waals surface area contributed by atoms with Crippen LogP contribution in [0, 0.1) is 13.8 Å². The van der Waals surface area contributed by atoms with E-state index in [-0.39, 0.29) is 17.9 Å². The first-order valence-electron chi connectivity index (χ1n) is 11.3. The summed E-state index contributed by atoms with van der Waals surface area (Å²) < 4.78 is 15.9. The molecule has 1 fully saturated rings. The Balaban J connectivity index is 1.45. The fourth-order valence-electron chi connectivity index (χ4n) is 4.87. The molecule has 0 radical (unpaired) electrons. The number of ether oxygens (including phenoxy) is 2. The Morgan fingerprint density at radius 2 is 2.18 bits per heavy atom. The summed E-state index contributed by atoms with van der Waals surface area (Å²) in [6.45, 7) is 5.12. The molecule has 34 heavy (non-hydrogen) atoms. The highest BCUT2D eigenvalue weighted by molar-refractivity contribution is 5.95. The number of pyridine rings is 1. The van der Waals surface area contributed by atoms with Gasteiger partial charge in [-0.1, -0.05) is 0 Å². The Morgan fingerprint density at radius 1 is 1.32 bits per heavy atom. The molecule has 0 spiro atoms. The summed E-state index contributed by atoms with van der Waals surface area (Å²) in [7, 11) is 1.63. The second-order valence-corrected chi connectivity index (χ2v) is 8.63. The van der Waals surface area contributed by atoms with Crippen LogP contribution in [0.3, 0.4) is 0 Å². The number of nitrogens with one attached hydrogen (secondary N) is 2. The molecule has 2 unspecified atom stereocenters. The van der Waals surface area contributed by atoms with Crippen LogP contribution in [0.4, 0.5) is 0 Å². The zero-order valence-electron chi connectivity index (χ0n) is 19.4. The lowest BCUT2D eigenvalue weighted by molar-refractivity contribution is -0.110. The molecule has 9 heteroatoms. The number of carbonyl (C=O) groups is 2. The van der Waals surface area contributed by atoms with Crippen molar-refractivity contribution in [2.24, 2.45) is 0 Å². The number of hydrogen-bond acceptors (Lipinski definition) is 5. The molecule has 2 amide bonds. The number of aromatic nitrogens is 3. The molecule has 5 heterocycles. The lowest BCUT2D eigenvalue weighted by atomic mass is 9.95. The van der Waals surface area contributed by atoms with Gasteiger partial charge in [0.25, 0.3) is 5.91 Å². The molecular weight excluding hydrogens is 434 g/mol. The Morgan fingerprint density at radius 3 is 2.97 bits per heavy atom. The molecule has 0 bridgehead atoms. The second-order valence-electron chi connectivity index (χ2n) is 8.63. The van der Waals surface area contributed by atoms with Gasteiger partial charge in [0, 0.05) is 49.6 Å². The van der Waals surface area contributed by atoms with E-state index in [9.17, 15) is 9.59 Å². The molecule has 9 nitrogen and oxygen atoms in total. The first-order chi connectivity index (χ1) is 16.5. The first kappa shape index (κ1) is 22.0. The smallest absolute Gasteiger partial charge is 0.268 e. The number of aryl methyl sites for hydroxylation is 2. The topological polar surface area (TPSA) is 98.4 Å². The normalized spacial score (nSPS) is 17.9. The molecule has 4 aromatic heterocycles. The van der Waals surface area contributed by atoms with Crippen LogP contribution in [0.2, 0.25) is 0 Å². The summed E-state index contributed by atoms with van der Waals surface area (Å²) >= 11 is 0. The molecule has 176 valence electrons. The number of carbonyl (C=O) groups excluding carboxylic acids is 2. The third-order valence-electron chi connectivity index (χ3n) is 6.48. The maximum Gasteiger partial charge on any atom is 0.268 e. The lowest BCUT2D eigenvalue weighted by Gasteiger charge is -2.10. The van der Waals surface area contributed by atoms with Crippen molar-refractivity contribution in [3.8, 4) is 11.5 Å². The fraction of sp³-hybridized carbons (Fsp3) is 0.320. The van der Waals surface area contributed by atoms with Crippen LogP contribution in [0.15, 0.2) is 42.9 Å². The monoisotopic (exact) mass is 461 g/mol. The van der Waals surface area contributed by atoms with Gasteiger partial charge in [0.15, 0.2) is 5.75 Å². The maximum absolute atomic E-state index is 12.3. The van der Waals surface area contributed by atoms with Crippen molar-refractivity contribution in [1.82, 2.24) is 24.6 Å². The molecule has 1 saturated heterocycles. The van der Waals surface area contributed by atoms with Gasteiger partial charge >= 0.3 is 0 Å². The summed E-state index contributed by atoms with van der Waals surface area (Å²) in [5.41, 5.74) is 5.57. The first-order valence-corrected chi connectivity index (χ1v) is 11.3. The summed E-state index contributed by atoms with van der Waals surface area (Å²) in [5.74, 6) is 1.48. The SMILES string of the molecule is CNC(=O)c1c(C)cc2cc(Oc3ccnn4cc(C5COC(CNC=O)C5)c(C)c34)ccn12. The van der Waals surface area contributed by atoms with Crippen molar-refractivity contribution >= 4 is 23.4 Å². The average molecular weight is 462 g/mol. The average Bonchev–Trinajstić information content (AvgIpc) is 3.52. The Bertz CT molecular complexity index is 1390. The number of rotatable bonds is 7. The highest BCUT2D eigenvalue weighted by Crippen LogP contribution is 2.37.